The Morgan fingerprint density at radius 2 is 2.50 bits per heavy atom. The molecule has 2 bridgehead atoms. The van der Waals surface area contributed by atoms with E-state index in [4.69, 9.17) is 0 Å². The third-order valence-electron chi connectivity index (χ3n) is 2.27. The molecule has 1 N–H and O–H groups in total. The van der Waals surface area contributed by atoms with Crippen LogP contribution in [0.2, 0.25) is 0 Å². The predicted molar refractivity (Wildman–Crippen MR) is 29.2 cm³/mol. The van der Waals surface area contributed by atoms with Crippen LogP contribution in [-0.4, -0.2) is 12.3 Å². The molecule has 1 aliphatic carbocycles. The number of rotatable bonds is 0. The van der Waals surface area contributed by atoms with E-state index in [0.717, 1.165) is 25.8 Å². The van der Waals surface area contributed by atoms with Crippen LogP contribution in [0.1, 0.15) is 19.3 Å². The summed E-state index contributed by atoms with van der Waals surface area (Å²) < 4.78 is 13.0. The van der Waals surface area contributed by atoms with Gasteiger partial charge in [0.2, 0.25) is 0 Å². The zero-order valence-electron chi connectivity index (χ0n) is 4.78. The summed E-state index contributed by atoms with van der Waals surface area (Å²) in [7, 11) is 0. The summed E-state index contributed by atoms with van der Waals surface area (Å²) in [6, 6.07) is 0. The summed E-state index contributed by atoms with van der Waals surface area (Å²) in [5.41, 5.74) is 0. The molecule has 0 unspecified atom stereocenters. The number of nitrogens with one attached hydrogen (secondary N) is 1. The molecule has 2 aliphatic rings. The molecule has 1 nitrogen and oxygen atoms in total. The highest BCUT2D eigenvalue weighted by atomic mass is 19.1. The van der Waals surface area contributed by atoms with Gasteiger partial charge in [-0.15, -0.1) is 0 Å². The van der Waals surface area contributed by atoms with Crippen molar-refractivity contribution in [2.45, 2.75) is 25.1 Å². The lowest BCUT2D eigenvalue weighted by Crippen LogP contribution is -2.34. The van der Waals surface area contributed by atoms with Gasteiger partial charge in [0, 0.05) is 6.54 Å². The number of hydrogen-bond acceptors (Lipinski definition) is 1. The Balaban J connectivity index is 2.19. The largest absolute Gasteiger partial charge is 0.285 e. The van der Waals surface area contributed by atoms with Crippen LogP contribution in [0.15, 0.2) is 0 Å². The molecule has 2 heteroatoms. The van der Waals surface area contributed by atoms with Gasteiger partial charge >= 0.3 is 0 Å². The minimum atomic E-state index is -0.940. The van der Waals surface area contributed by atoms with E-state index in [0.29, 0.717) is 5.92 Å². The second kappa shape index (κ2) is 1.24. The van der Waals surface area contributed by atoms with Crippen molar-refractivity contribution < 1.29 is 4.39 Å². The van der Waals surface area contributed by atoms with Crippen molar-refractivity contribution in [3.8, 4) is 0 Å². The molecule has 1 aliphatic heterocycles. The van der Waals surface area contributed by atoms with Gasteiger partial charge in [-0.2, -0.15) is 0 Å². The van der Waals surface area contributed by atoms with Gasteiger partial charge in [0.05, 0.1) is 0 Å². The third kappa shape index (κ3) is 0.494. The SMILES string of the molecule is F[C@@]12CC[C@@H](CN1)C2. The molecule has 1 saturated carbocycles. The molecule has 2 rings (SSSR count). The molecule has 0 radical (unpaired) electrons. The smallest absolute Gasteiger partial charge is 0.162 e. The Hall–Kier alpha value is -0.110. The summed E-state index contributed by atoms with van der Waals surface area (Å²) >= 11 is 0. The van der Waals surface area contributed by atoms with Gasteiger partial charge in [-0.25, -0.2) is 4.39 Å². The van der Waals surface area contributed by atoms with Crippen LogP contribution in [0.3, 0.4) is 0 Å². The second-order valence-electron chi connectivity index (χ2n) is 2.96. The minimum Gasteiger partial charge on any atom is -0.285 e. The lowest BCUT2D eigenvalue weighted by atomic mass is 10.1. The molecular weight excluding hydrogens is 105 g/mol. The monoisotopic (exact) mass is 115 g/mol. The maximum Gasteiger partial charge on any atom is 0.162 e. The first-order valence-electron chi connectivity index (χ1n) is 3.22. The maximum atomic E-state index is 13.0. The molecule has 0 spiro atoms. The summed E-state index contributed by atoms with van der Waals surface area (Å²) in [6.07, 6.45) is 2.62. The van der Waals surface area contributed by atoms with Gasteiger partial charge in [0.1, 0.15) is 0 Å². The quantitative estimate of drug-likeness (QED) is 0.465. The minimum absolute atomic E-state index is 0.653. The van der Waals surface area contributed by atoms with E-state index < -0.39 is 5.79 Å². The van der Waals surface area contributed by atoms with Crippen molar-refractivity contribution in [2.24, 2.45) is 5.92 Å². The standard InChI is InChI=1S/C6H10FN/c7-6-2-1-5(3-6)4-8-6/h5,8H,1-4H2/t5-,6+/m1/s1. The van der Waals surface area contributed by atoms with Gasteiger partial charge in [0.15, 0.2) is 5.79 Å². The van der Waals surface area contributed by atoms with Crippen LogP contribution < -0.4 is 5.32 Å². The van der Waals surface area contributed by atoms with E-state index >= 15 is 0 Å². The average molecular weight is 115 g/mol. The fourth-order valence-electron chi connectivity index (χ4n) is 1.76. The van der Waals surface area contributed by atoms with E-state index in [-0.39, 0.29) is 0 Å². The number of hydrogen-bond donors (Lipinski definition) is 1. The lowest BCUT2D eigenvalue weighted by Gasteiger charge is -2.16. The van der Waals surface area contributed by atoms with Crippen molar-refractivity contribution in [1.82, 2.24) is 5.32 Å². The molecule has 2 atom stereocenters. The summed E-state index contributed by atoms with van der Waals surface area (Å²) in [5, 5.41) is 2.87. The third-order valence-corrected chi connectivity index (χ3v) is 2.27. The highest BCUT2D eigenvalue weighted by Crippen LogP contribution is 2.40. The van der Waals surface area contributed by atoms with Crippen LogP contribution in [0.4, 0.5) is 4.39 Å². The predicted octanol–water partition coefficient (Wildman–Crippen LogP) is 1.06. The maximum absolute atomic E-state index is 13.0. The molecule has 46 valence electrons. The van der Waals surface area contributed by atoms with E-state index in [2.05, 4.69) is 5.32 Å². The first-order valence-corrected chi connectivity index (χ1v) is 3.22. The summed E-state index contributed by atoms with van der Waals surface area (Å²) in [5.74, 6) is -0.287. The van der Waals surface area contributed by atoms with Crippen molar-refractivity contribution in [1.29, 1.82) is 0 Å². The zero-order chi connectivity index (χ0) is 5.61. The van der Waals surface area contributed by atoms with Crippen LogP contribution in [0.5, 0.6) is 0 Å². The summed E-state index contributed by atoms with van der Waals surface area (Å²) in [6.45, 7) is 0.913. The van der Waals surface area contributed by atoms with Gasteiger partial charge in [-0.1, -0.05) is 0 Å². The number of alkyl halides is 1. The number of piperidine rings is 1. The second-order valence-corrected chi connectivity index (χ2v) is 2.96. The molecule has 2 fully saturated rings. The molecule has 1 saturated heterocycles. The van der Waals surface area contributed by atoms with E-state index in [1.54, 1.807) is 0 Å². The summed E-state index contributed by atoms with van der Waals surface area (Å²) in [4.78, 5) is 0. The Morgan fingerprint density at radius 3 is 2.62 bits per heavy atom. The molecule has 0 aromatic rings. The van der Waals surface area contributed by atoms with Crippen molar-refractivity contribution in [3.05, 3.63) is 0 Å². The van der Waals surface area contributed by atoms with Gasteiger partial charge in [-0.05, 0) is 25.2 Å². The fraction of sp³-hybridized carbons (Fsp3) is 1.00. The Kier molecular flexibility index (Phi) is 0.734. The topological polar surface area (TPSA) is 12.0 Å². The number of fused-ring (bicyclic) bond motifs is 2. The Bertz CT molecular complexity index is 105. The van der Waals surface area contributed by atoms with E-state index in [1.807, 2.05) is 0 Å². The van der Waals surface area contributed by atoms with Crippen LogP contribution in [0, 0.1) is 5.92 Å². The first-order chi connectivity index (χ1) is 3.79. The molecule has 0 aromatic heterocycles. The molecule has 0 aromatic carbocycles. The zero-order valence-corrected chi connectivity index (χ0v) is 4.78. The average Bonchev–Trinajstić information content (AvgIpc) is 2.21. The van der Waals surface area contributed by atoms with E-state index in [9.17, 15) is 4.39 Å². The molecular formula is C6H10FN. The lowest BCUT2D eigenvalue weighted by molar-refractivity contribution is 0.145. The highest BCUT2D eigenvalue weighted by molar-refractivity contribution is 4.95. The van der Waals surface area contributed by atoms with Gasteiger partial charge in [-0.3, -0.25) is 5.32 Å². The van der Waals surface area contributed by atoms with Gasteiger partial charge < -0.3 is 0 Å². The van der Waals surface area contributed by atoms with Crippen molar-refractivity contribution >= 4 is 0 Å². The first kappa shape index (κ1) is 4.74. The fourth-order valence-corrected chi connectivity index (χ4v) is 1.76. The highest BCUT2D eigenvalue weighted by Gasteiger charge is 2.44. The van der Waals surface area contributed by atoms with Crippen molar-refractivity contribution in [2.75, 3.05) is 6.54 Å². The van der Waals surface area contributed by atoms with Crippen LogP contribution in [-0.2, 0) is 0 Å². The Morgan fingerprint density at radius 1 is 1.62 bits per heavy atom. The molecule has 8 heavy (non-hydrogen) atoms. The Labute approximate surface area is 48.3 Å². The number of halogens is 1. The van der Waals surface area contributed by atoms with Crippen LogP contribution in [0.25, 0.3) is 0 Å². The van der Waals surface area contributed by atoms with E-state index in [1.165, 1.54) is 0 Å². The normalized spacial score (nSPS) is 52.9. The molecule has 1 heterocycles. The molecule has 0 amide bonds. The van der Waals surface area contributed by atoms with Crippen LogP contribution >= 0.6 is 0 Å². The van der Waals surface area contributed by atoms with Crippen molar-refractivity contribution in [3.63, 3.8) is 0 Å². The van der Waals surface area contributed by atoms with Gasteiger partial charge in [0.25, 0.3) is 0 Å².